The molecular formula is C18H28N2O. The van der Waals surface area contributed by atoms with E-state index >= 15 is 0 Å². The molecule has 0 saturated carbocycles. The average molecular weight is 288 g/mol. The van der Waals surface area contributed by atoms with E-state index in [0.717, 1.165) is 30.6 Å². The van der Waals surface area contributed by atoms with Crippen LogP contribution in [0.15, 0.2) is 12.1 Å². The SMILES string of the molecule is CC.CCc1cc(C)c2c(c1)C1CNCC1(C)N(C)C2=O. The van der Waals surface area contributed by atoms with Crippen molar-refractivity contribution in [3.63, 3.8) is 0 Å². The Balaban J connectivity index is 0.000000774. The second-order valence-corrected chi connectivity index (χ2v) is 6.14. The van der Waals surface area contributed by atoms with Crippen LogP contribution in [0.4, 0.5) is 0 Å². The van der Waals surface area contributed by atoms with Gasteiger partial charge in [0, 0.05) is 31.6 Å². The fourth-order valence-electron chi connectivity index (χ4n) is 3.67. The number of fused-ring (bicyclic) bond motifs is 3. The standard InChI is InChI=1S/C16H22N2O.C2H6/c1-5-11-6-10(2)14-12(7-11)13-8-17-9-16(13,3)18(4)15(14)19;1-2/h6-7,13,17H,5,8-9H2,1-4H3;1-2H3. The van der Waals surface area contributed by atoms with Crippen LogP contribution in [0.2, 0.25) is 0 Å². The van der Waals surface area contributed by atoms with Gasteiger partial charge < -0.3 is 10.2 Å². The Labute approximate surface area is 128 Å². The highest BCUT2D eigenvalue weighted by molar-refractivity contribution is 5.99. The molecule has 0 aliphatic carbocycles. The predicted octanol–water partition coefficient (Wildman–Crippen LogP) is 3.11. The molecule has 2 unspecified atom stereocenters. The van der Waals surface area contributed by atoms with Gasteiger partial charge in [-0.1, -0.05) is 32.9 Å². The molecule has 3 rings (SSSR count). The fraction of sp³-hybridized carbons (Fsp3) is 0.611. The summed E-state index contributed by atoms with van der Waals surface area (Å²) in [5.41, 5.74) is 4.57. The molecule has 2 heterocycles. The van der Waals surface area contributed by atoms with Crippen LogP contribution in [-0.2, 0) is 6.42 Å². The van der Waals surface area contributed by atoms with Crippen LogP contribution >= 0.6 is 0 Å². The number of rotatable bonds is 1. The van der Waals surface area contributed by atoms with Gasteiger partial charge in [0.15, 0.2) is 0 Å². The monoisotopic (exact) mass is 288 g/mol. The molecule has 3 heteroatoms. The summed E-state index contributed by atoms with van der Waals surface area (Å²) in [6, 6.07) is 4.42. The minimum absolute atomic E-state index is 0.0805. The van der Waals surface area contributed by atoms with E-state index < -0.39 is 0 Å². The topological polar surface area (TPSA) is 32.3 Å². The van der Waals surface area contributed by atoms with Gasteiger partial charge in [0.2, 0.25) is 0 Å². The number of amides is 1. The third-order valence-electron chi connectivity index (χ3n) is 5.08. The van der Waals surface area contributed by atoms with Gasteiger partial charge in [0.05, 0.1) is 5.54 Å². The zero-order valence-electron chi connectivity index (χ0n) is 14.2. The maximum absolute atomic E-state index is 12.7. The Hall–Kier alpha value is -1.35. The summed E-state index contributed by atoms with van der Waals surface area (Å²) in [6.07, 6.45) is 1.02. The molecule has 0 bridgehead atoms. The number of hydrogen-bond acceptors (Lipinski definition) is 2. The van der Waals surface area contributed by atoms with Crippen molar-refractivity contribution in [3.8, 4) is 0 Å². The highest BCUT2D eigenvalue weighted by atomic mass is 16.2. The van der Waals surface area contributed by atoms with E-state index in [1.54, 1.807) is 0 Å². The summed E-state index contributed by atoms with van der Waals surface area (Å²) in [7, 11) is 1.94. The van der Waals surface area contributed by atoms with E-state index in [-0.39, 0.29) is 11.4 Å². The fourth-order valence-corrected chi connectivity index (χ4v) is 3.67. The van der Waals surface area contributed by atoms with E-state index in [1.165, 1.54) is 11.1 Å². The zero-order valence-corrected chi connectivity index (χ0v) is 14.2. The number of hydrogen-bond donors (Lipinski definition) is 1. The van der Waals surface area contributed by atoms with Gasteiger partial charge >= 0.3 is 0 Å². The normalized spacial score (nSPS) is 26.9. The molecule has 1 aromatic carbocycles. The second-order valence-electron chi connectivity index (χ2n) is 6.14. The molecule has 0 aromatic heterocycles. The number of aryl methyl sites for hydroxylation is 2. The van der Waals surface area contributed by atoms with E-state index in [0.29, 0.717) is 5.92 Å². The molecule has 1 fully saturated rings. The smallest absolute Gasteiger partial charge is 0.254 e. The largest absolute Gasteiger partial charge is 0.334 e. The van der Waals surface area contributed by atoms with Crippen LogP contribution in [0.3, 0.4) is 0 Å². The van der Waals surface area contributed by atoms with Gasteiger partial charge in [-0.3, -0.25) is 4.79 Å². The lowest BCUT2D eigenvalue weighted by molar-refractivity contribution is 0.0555. The van der Waals surface area contributed by atoms with Crippen molar-refractivity contribution in [3.05, 3.63) is 34.4 Å². The van der Waals surface area contributed by atoms with Crippen molar-refractivity contribution in [2.24, 2.45) is 0 Å². The van der Waals surface area contributed by atoms with Crippen molar-refractivity contribution in [1.82, 2.24) is 10.2 Å². The Morgan fingerprint density at radius 1 is 1.38 bits per heavy atom. The van der Waals surface area contributed by atoms with Gasteiger partial charge in [0.1, 0.15) is 0 Å². The zero-order chi connectivity index (χ0) is 15.8. The van der Waals surface area contributed by atoms with E-state index in [9.17, 15) is 4.79 Å². The molecule has 2 atom stereocenters. The third kappa shape index (κ3) is 2.28. The van der Waals surface area contributed by atoms with E-state index in [2.05, 4.69) is 38.2 Å². The highest BCUT2D eigenvalue weighted by Gasteiger charge is 2.50. The van der Waals surface area contributed by atoms with E-state index in [4.69, 9.17) is 0 Å². The summed E-state index contributed by atoms with van der Waals surface area (Å²) < 4.78 is 0. The van der Waals surface area contributed by atoms with E-state index in [1.807, 2.05) is 25.8 Å². The molecule has 1 amide bonds. The molecule has 2 aliphatic rings. The van der Waals surface area contributed by atoms with Gasteiger partial charge in [0.25, 0.3) is 5.91 Å². The molecule has 1 saturated heterocycles. The predicted molar refractivity (Wildman–Crippen MR) is 88.0 cm³/mol. The second kappa shape index (κ2) is 5.80. The Morgan fingerprint density at radius 3 is 2.67 bits per heavy atom. The number of benzene rings is 1. The summed E-state index contributed by atoms with van der Waals surface area (Å²) >= 11 is 0. The molecule has 0 spiro atoms. The van der Waals surface area contributed by atoms with Crippen LogP contribution in [0.5, 0.6) is 0 Å². The molecule has 1 aromatic rings. The quantitative estimate of drug-likeness (QED) is 0.861. The van der Waals surface area contributed by atoms with Crippen LogP contribution < -0.4 is 5.32 Å². The maximum Gasteiger partial charge on any atom is 0.254 e. The minimum Gasteiger partial charge on any atom is -0.334 e. The maximum atomic E-state index is 12.7. The summed E-state index contributed by atoms with van der Waals surface area (Å²) in [5.74, 6) is 0.591. The first-order valence-corrected chi connectivity index (χ1v) is 8.11. The number of carbonyl (C=O) groups is 1. The van der Waals surface area contributed by atoms with Gasteiger partial charge in [-0.25, -0.2) is 0 Å². The van der Waals surface area contributed by atoms with Crippen LogP contribution in [0.25, 0.3) is 0 Å². The van der Waals surface area contributed by atoms with Crippen molar-refractivity contribution < 1.29 is 4.79 Å². The number of carbonyl (C=O) groups excluding carboxylic acids is 1. The molecule has 21 heavy (non-hydrogen) atoms. The van der Waals surface area contributed by atoms with Gasteiger partial charge in [-0.2, -0.15) is 0 Å². The molecule has 3 nitrogen and oxygen atoms in total. The number of likely N-dealkylation sites (N-methyl/N-ethyl adjacent to an activating group) is 1. The first-order valence-electron chi connectivity index (χ1n) is 8.11. The number of nitrogens with zero attached hydrogens (tertiary/aromatic N) is 1. The summed E-state index contributed by atoms with van der Waals surface area (Å²) in [4.78, 5) is 14.6. The summed E-state index contributed by atoms with van der Waals surface area (Å²) in [5, 5.41) is 3.46. The van der Waals surface area contributed by atoms with Crippen LogP contribution in [0, 0.1) is 6.92 Å². The van der Waals surface area contributed by atoms with Gasteiger partial charge in [-0.15, -0.1) is 0 Å². The first kappa shape index (κ1) is 16.0. The van der Waals surface area contributed by atoms with Crippen molar-refractivity contribution in [2.45, 2.75) is 52.5 Å². The molecular weight excluding hydrogens is 260 g/mol. The van der Waals surface area contributed by atoms with Crippen LogP contribution in [-0.4, -0.2) is 36.5 Å². The lowest BCUT2D eigenvalue weighted by Gasteiger charge is -2.45. The van der Waals surface area contributed by atoms with Crippen LogP contribution in [0.1, 0.15) is 60.7 Å². The summed E-state index contributed by atoms with van der Waals surface area (Å²) in [6.45, 7) is 12.3. The molecule has 116 valence electrons. The van der Waals surface area contributed by atoms with Crippen molar-refractivity contribution in [1.29, 1.82) is 0 Å². The molecule has 2 aliphatic heterocycles. The highest BCUT2D eigenvalue weighted by Crippen LogP contribution is 2.43. The Morgan fingerprint density at radius 2 is 2.05 bits per heavy atom. The lowest BCUT2D eigenvalue weighted by atomic mass is 9.75. The lowest BCUT2D eigenvalue weighted by Crippen LogP contribution is -2.55. The Bertz CT molecular complexity index is 552. The minimum atomic E-state index is -0.0805. The van der Waals surface area contributed by atoms with Gasteiger partial charge in [-0.05, 0) is 37.0 Å². The molecule has 0 radical (unpaired) electrons. The van der Waals surface area contributed by atoms with Crippen molar-refractivity contribution >= 4 is 5.91 Å². The average Bonchev–Trinajstić information content (AvgIpc) is 2.89. The third-order valence-corrected chi connectivity index (χ3v) is 5.08. The Kier molecular flexibility index (Phi) is 4.43. The molecule has 1 N–H and O–H groups in total. The number of nitrogens with one attached hydrogen (secondary N) is 1. The first-order chi connectivity index (χ1) is 9.99. The van der Waals surface area contributed by atoms with Crippen molar-refractivity contribution in [2.75, 3.05) is 20.1 Å².